The molecule has 0 atom stereocenters. The molecule has 0 saturated carbocycles. The van der Waals surface area contributed by atoms with Crippen LogP contribution in [-0.4, -0.2) is 21.2 Å². The van der Waals surface area contributed by atoms with Crippen LogP contribution in [0.15, 0.2) is 26.2 Å². The maximum Gasteiger partial charge on any atom is 0.371 e. The number of thioether (sulfide) groups is 1. The van der Waals surface area contributed by atoms with E-state index in [1.807, 2.05) is 20.8 Å². The van der Waals surface area contributed by atoms with Crippen LogP contribution in [0.5, 0.6) is 0 Å². The van der Waals surface area contributed by atoms with Gasteiger partial charge in [0.25, 0.3) is 0 Å². The molecule has 0 unspecified atom stereocenters. The summed E-state index contributed by atoms with van der Waals surface area (Å²) in [6.45, 7) is 5.97. The van der Waals surface area contributed by atoms with Gasteiger partial charge >= 0.3 is 5.97 Å². The fourth-order valence-corrected chi connectivity index (χ4v) is 1.97. The smallest absolute Gasteiger partial charge is 0.371 e. The van der Waals surface area contributed by atoms with Gasteiger partial charge in [-0.25, -0.2) is 4.79 Å². The van der Waals surface area contributed by atoms with E-state index in [1.54, 1.807) is 6.07 Å². The van der Waals surface area contributed by atoms with Gasteiger partial charge in [-0.1, -0.05) is 37.7 Å². The number of aromatic carboxylic acids is 1. The van der Waals surface area contributed by atoms with Gasteiger partial charge < -0.3 is 14.0 Å². The first-order valence-electron chi connectivity index (χ1n) is 5.65. The van der Waals surface area contributed by atoms with E-state index in [2.05, 4.69) is 10.1 Å². The number of hydrogen-bond donors (Lipinski definition) is 1. The van der Waals surface area contributed by atoms with E-state index < -0.39 is 5.97 Å². The van der Waals surface area contributed by atoms with E-state index in [9.17, 15) is 4.79 Å². The van der Waals surface area contributed by atoms with Gasteiger partial charge in [0, 0.05) is 5.41 Å². The molecule has 2 aromatic rings. The van der Waals surface area contributed by atoms with Crippen LogP contribution in [0.25, 0.3) is 0 Å². The third-order valence-corrected chi connectivity index (χ3v) is 3.15. The Kier molecular flexibility index (Phi) is 3.66. The van der Waals surface area contributed by atoms with Crippen molar-refractivity contribution in [2.75, 3.05) is 0 Å². The molecule has 0 aliphatic rings. The third kappa shape index (κ3) is 3.37. The largest absolute Gasteiger partial charge is 0.475 e. The fraction of sp³-hybridized carbons (Fsp3) is 0.417. The van der Waals surface area contributed by atoms with Crippen molar-refractivity contribution in [3.63, 3.8) is 0 Å². The van der Waals surface area contributed by atoms with Crippen LogP contribution < -0.4 is 0 Å². The molecule has 0 saturated heterocycles. The molecule has 102 valence electrons. The lowest BCUT2D eigenvalue weighted by Gasteiger charge is -2.10. The average Bonchev–Trinajstić information content (AvgIpc) is 2.95. The highest BCUT2D eigenvalue weighted by molar-refractivity contribution is 7.98. The molecule has 0 spiro atoms. The van der Waals surface area contributed by atoms with Crippen LogP contribution in [0.4, 0.5) is 0 Å². The monoisotopic (exact) mass is 282 g/mol. The maximum atomic E-state index is 10.7. The molecule has 2 aromatic heterocycles. The van der Waals surface area contributed by atoms with Crippen LogP contribution in [0.1, 0.15) is 43.0 Å². The molecule has 0 fully saturated rings. The molecular weight excluding hydrogens is 268 g/mol. The van der Waals surface area contributed by atoms with Crippen LogP contribution in [0.3, 0.4) is 0 Å². The summed E-state index contributed by atoms with van der Waals surface area (Å²) in [4.78, 5) is 14.9. The highest BCUT2D eigenvalue weighted by atomic mass is 32.2. The number of rotatable bonds is 4. The van der Waals surface area contributed by atoms with E-state index in [0.29, 0.717) is 22.6 Å². The second-order valence-electron chi connectivity index (χ2n) is 4.98. The number of carbonyl (C=O) groups is 1. The Morgan fingerprint density at radius 1 is 1.42 bits per heavy atom. The third-order valence-electron chi connectivity index (χ3n) is 2.25. The fourth-order valence-electron chi connectivity index (χ4n) is 1.27. The molecular formula is C12H14N2O4S. The molecule has 7 heteroatoms. The Morgan fingerprint density at radius 2 is 2.16 bits per heavy atom. The normalized spacial score (nSPS) is 11.7. The van der Waals surface area contributed by atoms with Gasteiger partial charge in [-0.3, -0.25) is 0 Å². The van der Waals surface area contributed by atoms with Crippen molar-refractivity contribution in [1.82, 2.24) is 10.1 Å². The maximum absolute atomic E-state index is 10.7. The van der Waals surface area contributed by atoms with Gasteiger partial charge in [0.15, 0.2) is 10.9 Å². The molecule has 1 N–H and O–H groups in total. The van der Waals surface area contributed by atoms with Crippen LogP contribution in [-0.2, 0) is 11.2 Å². The standard InChI is InChI=1S/C12H14N2O4S/c1-12(2,3)11-13-8(14-18-11)6-19-9-5-4-7(17-9)10(15)16/h4-5H,6H2,1-3H3,(H,15,16). The van der Waals surface area contributed by atoms with E-state index in [1.165, 1.54) is 17.8 Å². The topological polar surface area (TPSA) is 89.4 Å². The Morgan fingerprint density at radius 3 is 2.68 bits per heavy atom. The number of carboxylic acids is 1. The first-order chi connectivity index (χ1) is 8.86. The van der Waals surface area contributed by atoms with Gasteiger partial charge in [0.05, 0.1) is 5.75 Å². The molecule has 0 bridgehead atoms. The molecule has 2 heterocycles. The average molecular weight is 282 g/mol. The van der Waals surface area contributed by atoms with Crippen molar-refractivity contribution in [2.24, 2.45) is 0 Å². The van der Waals surface area contributed by atoms with Crippen molar-refractivity contribution in [1.29, 1.82) is 0 Å². The van der Waals surface area contributed by atoms with Crippen LogP contribution in [0.2, 0.25) is 0 Å². The zero-order valence-corrected chi connectivity index (χ0v) is 11.7. The van der Waals surface area contributed by atoms with Gasteiger partial charge in [-0.15, -0.1) is 0 Å². The highest BCUT2D eigenvalue weighted by Crippen LogP contribution is 2.25. The Hall–Kier alpha value is -1.76. The first kappa shape index (κ1) is 13.7. The second-order valence-corrected chi connectivity index (χ2v) is 5.96. The summed E-state index contributed by atoms with van der Waals surface area (Å²) < 4.78 is 10.3. The van der Waals surface area contributed by atoms with Gasteiger partial charge in [-0.05, 0) is 12.1 Å². The van der Waals surface area contributed by atoms with E-state index in [0.717, 1.165) is 0 Å². The van der Waals surface area contributed by atoms with Crippen molar-refractivity contribution >= 4 is 17.7 Å². The summed E-state index contributed by atoms with van der Waals surface area (Å²) in [7, 11) is 0. The predicted molar refractivity (Wildman–Crippen MR) is 68.2 cm³/mol. The highest BCUT2D eigenvalue weighted by Gasteiger charge is 2.21. The van der Waals surface area contributed by atoms with Gasteiger partial charge in [0.2, 0.25) is 11.7 Å². The second kappa shape index (κ2) is 5.08. The number of aromatic nitrogens is 2. The lowest BCUT2D eigenvalue weighted by Crippen LogP contribution is -2.11. The lowest BCUT2D eigenvalue weighted by molar-refractivity contribution is 0.0656. The number of hydrogen-bond acceptors (Lipinski definition) is 6. The van der Waals surface area contributed by atoms with E-state index >= 15 is 0 Å². The Bertz CT molecular complexity index is 583. The molecule has 0 aliphatic heterocycles. The van der Waals surface area contributed by atoms with Crippen molar-refractivity contribution < 1.29 is 18.8 Å². The van der Waals surface area contributed by atoms with E-state index in [-0.39, 0.29) is 11.2 Å². The summed E-state index contributed by atoms with van der Waals surface area (Å²) in [5.41, 5.74) is -0.183. The predicted octanol–water partition coefficient (Wildman–Crippen LogP) is 2.95. The van der Waals surface area contributed by atoms with Gasteiger partial charge in [0.1, 0.15) is 0 Å². The SMILES string of the molecule is CC(C)(C)c1nc(CSc2ccc(C(=O)O)o2)no1. The summed E-state index contributed by atoms with van der Waals surface area (Å²) >= 11 is 1.32. The number of carboxylic acid groups (broad SMARTS) is 1. The number of furan rings is 1. The molecule has 0 radical (unpaired) electrons. The summed E-state index contributed by atoms with van der Waals surface area (Å²) in [5, 5.41) is 13.1. The number of nitrogens with zero attached hydrogens (tertiary/aromatic N) is 2. The van der Waals surface area contributed by atoms with Crippen molar-refractivity contribution in [2.45, 2.75) is 37.0 Å². The quantitative estimate of drug-likeness (QED) is 0.862. The Balaban J connectivity index is 1.98. The molecule has 0 aromatic carbocycles. The first-order valence-corrected chi connectivity index (χ1v) is 6.64. The zero-order valence-electron chi connectivity index (χ0n) is 10.8. The summed E-state index contributed by atoms with van der Waals surface area (Å²) in [5.74, 6) is 0.441. The summed E-state index contributed by atoms with van der Waals surface area (Å²) in [6, 6.07) is 3.03. The molecule has 2 rings (SSSR count). The molecule has 6 nitrogen and oxygen atoms in total. The van der Waals surface area contributed by atoms with Crippen LogP contribution >= 0.6 is 11.8 Å². The van der Waals surface area contributed by atoms with E-state index in [4.69, 9.17) is 14.0 Å². The molecule has 19 heavy (non-hydrogen) atoms. The molecule has 0 aliphatic carbocycles. The Labute approximate surface area is 114 Å². The van der Waals surface area contributed by atoms with Crippen molar-refractivity contribution in [3.8, 4) is 0 Å². The van der Waals surface area contributed by atoms with Crippen LogP contribution in [0, 0.1) is 0 Å². The minimum Gasteiger partial charge on any atom is -0.475 e. The minimum absolute atomic E-state index is 0.0778. The molecule has 0 amide bonds. The lowest BCUT2D eigenvalue weighted by atomic mass is 9.97. The summed E-state index contributed by atoms with van der Waals surface area (Å²) in [6.07, 6.45) is 0. The van der Waals surface area contributed by atoms with Gasteiger partial charge in [-0.2, -0.15) is 4.98 Å². The zero-order chi connectivity index (χ0) is 14.0. The van der Waals surface area contributed by atoms with Crippen molar-refractivity contribution in [3.05, 3.63) is 29.6 Å². The minimum atomic E-state index is -1.08.